The number of hydrogen-bond acceptors (Lipinski definition) is 4. The molecular formula is C19H23Cl2N3O2. The predicted molar refractivity (Wildman–Crippen MR) is 108 cm³/mol. The highest BCUT2D eigenvalue weighted by Gasteiger charge is 2.26. The summed E-state index contributed by atoms with van der Waals surface area (Å²) in [4.78, 5) is 14.6. The molecule has 0 radical (unpaired) electrons. The molecule has 0 spiro atoms. The summed E-state index contributed by atoms with van der Waals surface area (Å²) in [5.41, 5.74) is 8.20. The van der Waals surface area contributed by atoms with Gasteiger partial charge in [-0.3, -0.25) is 4.79 Å². The van der Waals surface area contributed by atoms with Crippen molar-refractivity contribution < 1.29 is 9.53 Å². The maximum absolute atomic E-state index is 12.4. The third-order valence-electron chi connectivity index (χ3n) is 4.46. The number of methoxy groups -OCH3 is 1. The number of benzene rings is 2. The number of ether oxygens (including phenoxy) is 1. The highest BCUT2D eigenvalue weighted by atomic mass is 35.5. The van der Waals surface area contributed by atoms with E-state index < -0.39 is 0 Å². The van der Waals surface area contributed by atoms with Crippen LogP contribution in [0.5, 0.6) is 5.75 Å². The van der Waals surface area contributed by atoms with E-state index >= 15 is 0 Å². The van der Waals surface area contributed by atoms with Crippen LogP contribution in [0.4, 0.5) is 5.69 Å². The van der Waals surface area contributed by atoms with Crippen LogP contribution in [-0.2, 0) is 6.54 Å². The first-order valence-electron chi connectivity index (χ1n) is 8.29. The number of nitrogens with two attached hydrogens (primary N) is 1. The van der Waals surface area contributed by atoms with Crippen molar-refractivity contribution in [3.63, 3.8) is 0 Å². The van der Waals surface area contributed by atoms with E-state index in [1.807, 2.05) is 42.5 Å². The van der Waals surface area contributed by atoms with Gasteiger partial charge in [0.2, 0.25) is 0 Å². The zero-order valence-electron chi connectivity index (χ0n) is 14.6. The number of anilines is 1. The molecule has 1 unspecified atom stereocenters. The topological polar surface area (TPSA) is 67.6 Å². The Hall–Kier alpha value is -1.95. The van der Waals surface area contributed by atoms with Crippen molar-refractivity contribution in [3.05, 3.63) is 58.6 Å². The van der Waals surface area contributed by atoms with Crippen molar-refractivity contribution >= 4 is 35.6 Å². The Balaban J connectivity index is 0.00000243. The van der Waals surface area contributed by atoms with Crippen LogP contribution in [0, 0.1) is 0 Å². The first kappa shape index (κ1) is 20.4. The van der Waals surface area contributed by atoms with E-state index in [4.69, 9.17) is 22.1 Å². The molecule has 2 aromatic carbocycles. The van der Waals surface area contributed by atoms with Gasteiger partial charge in [-0.25, -0.2) is 0 Å². The molecule has 5 nitrogen and oxygen atoms in total. The molecular weight excluding hydrogens is 373 g/mol. The maximum atomic E-state index is 12.4. The monoisotopic (exact) mass is 395 g/mol. The Labute approximate surface area is 164 Å². The largest absolute Gasteiger partial charge is 0.495 e. The lowest BCUT2D eigenvalue weighted by molar-refractivity contribution is 0.0940. The van der Waals surface area contributed by atoms with Crippen LogP contribution < -0.4 is 20.7 Å². The van der Waals surface area contributed by atoms with Crippen LogP contribution >= 0.6 is 24.0 Å². The Kier molecular flexibility index (Phi) is 7.14. The minimum absolute atomic E-state index is 0. The average Bonchev–Trinajstić information content (AvgIpc) is 3.10. The molecule has 7 heteroatoms. The molecule has 140 valence electrons. The number of nitrogens with zero attached hydrogens (tertiary/aromatic N) is 1. The van der Waals surface area contributed by atoms with E-state index in [-0.39, 0.29) is 24.4 Å². The standard InChI is InChI=1S/C19H22ClN3O2.ClH/c1-25-18-7-6-15(20)10-17(18)23-9-8-16(12-23)22-19(24)14-4-2-13(11-21)3-5-14;/h2-7,10,16H,8-9,11-12,21H2,1H3,(H,22,24);1H. The molecule has 1 fully saturated rings. The van der Waals surface area contributed by atoms with Crippen molar-refractivity contribution in [3.8, 4) is 5.75 Å². The molecule has 1 aliphatic heterocycles. The van der Waals surface area contributed by atoms with Gasteiger partial charge in [-0.2, -0.15) is 0 Å². The smallest absolute Gasteiger partial charge is 0.251 e. The molecule has 1 atom stereocenters. The lowest BCUT2D eigenvalue weighted by atomic mass is 10.1. The fraction of sp³-hybridized carbons (Fsp3) is 0.316. The molecule has 0 aliphatic carbocycles. The number of hydrogen-bond donors (Lipinski definition) is 2. The van der Waals surface area contributed by atoms with Crippen LogP contribution in [0.25, 0.3) is 0 Å². The second-order valence-electron chi connectivity index (χ2n) is 6.12. The SMILES string of the molecule is COc1ccc(Cl)cc1N1CCC(NC(=O)c2ccc(CN)cc2)C1.Cl. The van der Waals surface area contributed by atoms with E-state index in [0.29, 0.717) is 17.1 Å². The summed E-state index contributed by atoms with van der Waals surface area (Å²) >= 11 is 6.12. The highest BCUT2D eigenvalue weighted by molar-refractivity contribution is 6.30. The third-order valence-corrected chi connectivity index (χ3v) is 4.69. The lowest BCUT2D eigenvalue weighted by Crippen LogP contribution is -2.37. The Morgan fingerprint density at radius 3 is 2.69 bits per heavy atom. The van der Waals surface area contributed by atoms with E-state index in [0.717, 1.165) is 36.5 Å². The summed E-state index contributed by atoms with van der Waals surface area (Å²) in [5.74, 6) is 0.724. The van der Waals surface area contributed by atoms with Gasteiger partial charge in [0.05, 0.1) is 12.8 Å². The fourth-order valence-corrected chi connectivity index (χ4v) is 3.23. The summed E-state index contributed by atoms with van der Waals surface area (Å²) < 4.78 is 5.42. The van der Waals surface area contributed by atoms with Gasteiger partial charge in [0.25, 0.3) is 5.91 Å². The number of halogens is 2. The van der Waals surface area contributed by atoms with E-state index in [1.165, 1.54) is 0 Å². The van der Waals surface area contributed by atoms with E-state index in [2.05, 4.69) is 10.2 Å². The van der Waals surface area contributed by atoms with Gasteiger partial charge in [0.1, 0.15) is 5.75 Å². The van der Waals surface area contributed by atoms with E-state index in [1.54, 1.807) is 7.11 Å². The molecule has 1 heterocycles. The molecule has 1 amide bonds. The first-order valence-corrected chi connectivity index (χ1v) is 8.67. The second-order valence-corrected chi connectivity index (χ2v) is 6.56. The summed E-state index contributed by atoms with van der Waals surface area (Å²) in [5, 5.41) is 3.77. The Morgan fingerprint density at radius 1 is 1.31 bits per heavy atom. The summed E-state index contributed by atoms with van der Waals surface area (Å²) in [7, 11) is 1.65. The van der Waals surface area contributed by atoms with Crippen LogP contribution in [0.3, 0.4) is 0 Å². The van der Waals surface area contributed by atoms with Crippen molar-refractivity contribution in [2.24, 2.45) is 5.73 Å². The van der Waals surface area contributed by atoms with Gasteiger partial charge in [-0.15, -0.1) is 12.4 Å². The first-order chi connectivity index (χ1) is 12.1. The Bertz CT molecular complexity index is 753. The molecule has 3 N–H and O–H groups in total. The minimum Gasteiger partial charge on any atom is -0.495 e. The third kappa shape index (κ3) is 4.61. The van der Waals surface area contributed by atoms with Gasteiger partial charge >= 0.3 is 0 Å². The van der Waals surface area contributed by atoms with E-state index in [9.17, 15) is 4.79 Å². The highest BCUT2D eigenvalue weighted by Crippen LogP contribution is 2.33. The molecule has 1 saturated heterocycles. The molecule has 26 heavy (non-hydrogen) atoms. The number of carbonyl (C=O) groups excluding carboxylic acids is 1. The van der Waals surface area contributed by atoms with Crippen molar-refractivity contribution in [1.82, 2.24) is 5.32 Å². The van der Waals surface area contributed by atoms with Gasteiger partial charge in [0.15, 0.2) is 0 Å². The molecule has 0 saturated carbocycles. The molecule has 0 aromatic heterocycles. The Morgan fingerprint density at radius 2 is 2.04 bits per heavy atom. The quantitative estimate of drug-likeness (QED) is 0.815. The van der Waals surface area contributed by atoms with Crippen LogP contribution in [0.15, 0.2) is 42.5 Å². The summed E-state index contributed by atoms with van der Waals surface area (Å²) in [6.07, 6.45) is 0.877. The molecule has 1 aliphatic rings. The number of carbonyl (C=O) groups is 1. The second kappa shape index (κ2) is 9.12. The number of nitrogens with one attached hydrogen (secondary N) is 1. The van der Waals surface area contributed by atoms with Gasteiger partial charge < -0.3 is 20.7 Å². The fourth-order valence-electron chi connectivity index (χ4n) is 3.07. The summed E-state index contributed by atoms with van der Waals surface area (Å²) in [6, 6.07) is 13.0. The lowest BCUT2D eigenvalue weighted by Gasteiger charge is -2.21. The molecule has 0 bridgehead atoms. The zero-order chi connectivity index (χ0) is 17.8. The zero-order valence-corrected chi connectivity index (χ0v) is 16.1. The van der Waals surface area contributed by atoms with Crippen molar-refractivity contribution in [2.75, 3.05) is 25.1 Å². The summed E-state index contributed by atoms with van der Waals surface area (Å²) in [6.45, 7) is 2.04. The van der Waals surface area contributed by atoms with Crippen LogP contribution in [-0.4, -0.2) is 32.1 Å². The number of rotatable bonds is 5. The predicted octanol–water partition coefficient (Wildman–Crippen LogP) is 3.24. The van der Waals surface area contributed by atoms with Crippen molar-refractivity contribution in [2.45, 2.75) is 19.0 Å². The van der Waals surface area contributed by atoms with Gasteiger partial charge in [-0.1, -0.05) is 23.7 Å². The average molecular weight is 396 g/mol. The maximum Gasteiger partial charge on any atom is 0.251 e. The number of amides is 1. The van der Waals surface area contributed by atoms with Crippen LogP contribution in [0.2, 0.25) is 5.02 Å². The minimum atomic E-state index is -0.0616. The molecule has 2 aromatic rings. The van der Waals surface area contributed by atoms with Gasteiger partial charge in [0, 0.05) is 36.3 Å². The van der Waals surface area contributed by atoms with Gasteiger partial charge in [-0.05, 0) is 42.3 Å². The molecule has 3 rings (SSSR count). The van der Waals surface area contributed by atoms with Crippen LogP contribution in [0.1, 0.15) is 22.3 Å². The normalized spacial score (nSPS) is 16.1. The van der Waals surface area contributed by atoms with Crippen molar-refractivity contribution in [1.29, 1.82) is 0 Å².